The molecule has 0 saturated carbocycles. The highest BCUT2D eigenvalue weighted by atomic mass is 19.1. The smallest absolute Gasteiger partial charge is 0.180 e. The van der Waals surface area contributed by atoms with E-state index in [1.165, 1.54) is 18.2 Å². The summed E-state index contributed by atoms with van der Waals surface area (Å²) in [7, 11) is 0. The van der Waals surface area contributed by atoms with Crippen molar-refractivity contribution in [2.45, 2.75) is 0 Å². The number of fused-ring (bicyclic) bond motifs is 1. The fourth-order valence-electron chi connectivity index (χ4n) is 1.87. The van der Waals surface area contributed by atoms with Gasteiger partial charge in [0.15, 0.2) is 5.75 Å². The summed E-state index contributed by atoms with van der Waals surface area (Å²) in [5, 5.41) is 11.2. The van der Waals surface area contributed by atoms with Gasteiger partial charge in [-0.25, -0.2) is 18.2 Å². The Morgan fingerprint density at radius 2 is 1.68 bits per heavy atom. The van der Waals surface area contributed by atoms with Crippen molar-refractivity contribution in [1.29, 1.82) is 0 Å². The maximum atomic E-state index is 13.6. The normalized spacial score (nSPS) is 11.1. The molecular weight excluding hydrogens is 257 g/mol. The van der Waals surface area contributed by atoms with Crippen LogP contribution in [0.1, 0.15) is 0 Å². The number of hydrogen-bond acceptors (Lipinski definition) is 1. The fraction of sp³-hybridized carbons (Fsp3) is 0. The lowest BCUT2D eigenvalue weighted by atomic mass is 10.2. The molecule has 2 aromatic carbocycles. The average Bonchev–Trinajstić information content (AvgIpc) is 2.69. The first-order valence-electron chi connectivity index (χ1n) is 5.36. The first-order valence-corrected chi connectivity index (χ1v) is 5.36. The molecule has 3 aromatic rings. The highest BCUT2D eigenvalue weighted by molar-refractivity contribution is 5.80. The molecule has 3 nitrogen and oxygen atoms in total. The van der Waals surface area contributed by atoms with Crippen LogP contribution in [0.4, 0.5) is 13.2 Å². The number of rotatable bonds is 1. The number of nitrogens with one attached hydrogen (secondary N) is 1. The summed E-state index contributed by atoms with van der Waals surface area (Å²) in [4.78, 5) is 6.62. The molecule has 3 rings (SSSR count). The van der Waals surface area contributed by atoms with E-state index in [0.717, 1.165) is 0 Å². The number of nitrogens with zero attached hydrogens (tertiary/aromatic N) is 1. The minimum Gasteiger partial charge on any atom is -0.338 e. The number of imidazole rings is 1. The van der Waals surface area contributed by atoms with Gasteiger partial charge in [0.05, 0.1) is 16.6 Å². The molecule has 0 aliphatic rings. The number of hydrogen-bond donors (Lipinski definition) is 1. The van der Waals surface area contributed by atoms with E-state index in [9.17, 15) is 18.3 Å². The summed E-state index contributed by atoms with van der Waals surface area (Å²) in [6.07, 6.45) is 0. The van der Waals surface area contributed by atoms with Crippen LogP contribution in [0.5, 0.6) is 5.75 Å². The molecule has 1 heterocycles. The molecule has 0 spiro atoms. The fourth-order valence-corrected chi connectivity index (χ4v) is 1.87. The quantitative estimate of drug-likeness (QED) is 0.713. The second-order valence-electron chi connectivity index (χ2n) is 4.01. The van der Waals surface area contributed by atoms with Crippen LogP contribution in [-0.4, -0.2) is 9.97 Å². The molecule has 0 saturated heterocycles. The Morgan fingerprint density at radius 1 is 1.00 bits per heavy atom. The summed E-state index contributed by atoms with van der Waals surface area (Å²) < 4.78 is 40.0. The Morgan fingerprint density at radius 3 is 2.37 bits per heavy atom. The third kappa shape index (κ3) is 1.91. The summed E-state index contributed by atoms with van der Waals surface area (Å²) in [6, 6.07) is 5.17. The van der Waals surface area contributed by atoms with Gasteiger partial charge in [-0.05, 0) is 12.1 Å². The zero-order valence-corrected chi connectivity index (χ0v) is 9.38. The minimum atomic E-state index is -1.06. The number of benzene rings is 2. The molecule has 1 radical (unpaired) electrons. The van der Waals surface area contributed by atoms with Crippen molar-refractivity contribution >= 4 is 11.0 Å². The van der Waals surface area contributed by atoms with E-state index in [1.807, 2.05) is 0 Å². The van der Waals surface area contributed by atoms with Gasteiger partial charge >= 0.3 is 0 Å². The summed E-state index contributed by atoms with van der Waals surface area (Å²) in [5.41, 5.74) is 0.313. The molecule has 0 aliphatic carbocycles. The molecule has 0 amide bonds. The van der Waals surface area contributed by atoms with Gasteiger partial charge in [-0.2, -0.15) is 0 Å². The van der Waals surface area contributed by atoms with Crippen LogP contribution in [0.2, 0.25) is 0 Å². The largest absolute Gasteiger partial charge is 0.338 e. The zero-order chi connectivity index (χ0) is 13.6. The Labute approximate surface area is 105 Å². The average molecular weight is 263 g/mol. The molecule has 0 aliphatic heterocycles. The van der Waals surface area contributed by atoms with Gasteiger partial charge < -0.3 is 4.98 Å². The van der Waals surface area contributed by atoms with Crippen LogP contribution in [0.25, 0.3) is 22.4 Å². The molecule has 0 unspecified atom stereocenters. The Hall–Kier alpha value is -2.50. The molecule has 19 heavy (non-hydrogen) atoms. The molecule has 0 atom stereocenters. The van der Waals surface area contributed by atoms with Gasteiger partial charge in [0, 0.05) is 18.2 Å². The van der Waals surface area contributed by atoms with Crippen molar-refractivity contribution in [1.82, 2.24) is 9.97 Å². The van der Waals surface area contributed by atoms with Gasteiger partial charge in [-0.15, -0.1) is 0 Å². The van der Waals surface area contributed by atoms with Gasteiger partial charge in [-0.3, -0.25) is 5.11 Å². The van der Waals surface area contributed by atoms with Crippen molar-refractivity contribution in [3.63, 3.8) is 0 Å². The van der Waals surface area contributed by atoms with Gasteiger partial charge in [0.25, 0.3) is 0 Å². The number of aromatic amines is 1. The second-order valence-corrected chi connectivity index (χ2v) is 4.01. The predicted octanol–water partition coefficient (Wildman–Crippen LogP) is 3.79. The van der Waals surface area contributed by atoms with Gasteiger partial charge in [-0.1, -0.05) is 0 Å². The predicted molar refractivity (Wildman–Crippen MR) is 61.5 cm³/mol. The van der Waals surface area contributed by atoms with Crippen LogP contribution >= 0.6 is 0 Å². The molecule has 1 aromatic heterocycles. The highest BCUT2D eigenvalue weighted by Gasteiger charge is 2.17. The van der Waals surface area contributed by atoms with Crippen molar-refractivity contribution in [2.75, 3.05) is 0 Å². The Balaban J connectivity index is 2.24. The topological polar surface area (TPSA) is 48.6 Å². The SMILES string of the molecule is [O]c1ccc2[nH]c(-c3c(F)cc(F)cc3F)nc2c1. The van der Waals surface area contributed by atoms with Crippen LogP contribution in [-0.2, 0) is 5.11 Å². The number of halogens is 3. The van der Waals surface area contributed by atoms with E-state index in [2.05, 4.69) is 9.97 Å². The maximum Gasteiger partial charge on any atom is 0.180 e. The van der Waals surface area contributed by atoms with Crippen molar-refractivity contribution in [3.05, 3.63) is 47.8 Å². The lowest BCUT2D eigenvalue weighted by Gasteiger charge is -2.01. The molecular formula is C13H6F3N2O. The molecule has 1 N–H and O–H groups in total. The Kier molecular flexibility index (Phi) is 2.45. The lowest BCUT2D eigenvalue weighted by Crippen LogP contribution is -1.93. The van der Waals surface area contributed by atoms with E-state index >= 15 is 0 Å². The van der Waals surface area contributed by atoms with Crippen LogP contribution in [0.15, 0.2) is 30.3 Å². The van der Waals surface area contributed by atoms with E-state index in [4.69, 9.17) is 0 Å². The van der Waals surface area contributed by atoms with Crippen LogP contribution in [0.3, 0.4) is 0 Å². The number of aromatic nitrogens is 2. The third-order valence-corrected chi connectivity index (χ3v) is 2.70. The van der Waals surface area contributed by atoms with E-state index in [0.29, 0.717) is 23.2 Å². The van der Waals surface area contributed by atoms with Gasteiger partial charge in [0.2, 0.25) is 0 Å². The minimum absolute atomic E-state index is 0.0874. The molecule has 6 heteroatoms. The monoisotopic (exact) mass is 263 g/mol. The van der Waals surface area contributed by atoms with Gasteiger partial charge in [0.1, 0.15) is 23.3 Å². The first-order chi connectivity index (χ1) is 9.04. The molecule has 0 bridgehead atoms. The van der Waals surface area contributed by atoms with Crippen LogP contribution < -0.4 is 0 Å². The van der Waals surface area contributed by atoms with E-state index < -0.39 is 23.0 Å². The second kappa shape index (κ2) is 4.01. The van der Waals surface area contributed by atoms with Crippen molar-refractivity contribution in [3.8, 4) is 17.1 Å². The summed E-state index contributed by atoms with van der Waals surface area (Å²) in [6.45, 7) is 0. The number of H-pyrrole nitrogens is 1. The first kappa shape index (κ1) is 11.6. The van der Waals surface area contributed by atoms with Crippen molar-refractivity contribution < 1.29 is 18.3 Å². The zero-order valence-electron chi connectivity index (χ0n) is 9.38. The van der Waals surface area contributed by atoms with Crippen molar-refractivity contribution in [2.24, 2.45) is 0 Å². The lowest BCUT2D eigenvalue weighted by molar-refractivity contribution is 0.355. The van der Waals surface area contributed by atoms with E-state index in [-0.39, 0.29) is 11.6 Å². The summed E-state index contributed by atoms with van der Waals surface area (Å²) in [5.74, 6) is -3.46. The third-order valence-electron chi connectivity index (χ3n) is 2.70. The van der Waals surface area contributed by atoms with E-state index in [1.54, 1.807) is 0 Å². The maximum absolute atomic E-state index is 13.6. The molecule has 95 valence electrons. The van der Waals surface area contributed by atoms with Crippen LogP contribution in [0, 0.1) is 17.5 Å². The summed E-state index contributed by atoms with van der Waals surface area (Å²) >= 11 is 0. The standard InChI is InChI=1S/C13H6F3N2O/c14-6-3-8(15)12(9(16)4-6)13-17-10-2-1-7(19)5-11(10)18-13/h1-5H,(H,17,18). The Bertz CT molecular complexity index is 760. The molecule has 0 fully saturated rings. The highest BCUT2D eigenvalue weighted by Crippen LogP contribution is 2.27.